The maximum atomic E-state index is 10.5. The van der Waals surface area contributed by atoms with Crippen molar-refractivity contribution in [2.24, 2.45) is 11.8 Å². The van der Waals surface area contributed by atoms with E-state index in [0.29, 0.717) is 5.75 Å². The highest BCUT2D eigenvalue weighted by molar-refractivity contribution is 5.73. The van der Waals surface area contributed by atoms with Crippen molar-refractivity contribution in [2.75, 3.05) is 20.6 Å². The van der Waals surface area contributed by atoms with E-state index in [0.717, 1.165) is 30.4 Å². The Kier molecular flexibility index (Phi) is 6.58. The van der Waals surface area contributed by atoms with Gasteiger partial charge in [-0.2, -0.15) is 0 Å². The molecule has 1 atom stereocenters. The van der Waals surface area contributed by atoms with Gasteiger partial charge in [-0.1, -0.05) is 55.9 Å². The first-order chi connectivity index (χ1) is 12.1. The lowest BCUT2D eigenvalue weighted by atomic mass is 9.79. The van der Waals surface area contributed by atoms with Gasteiger partial charge in [0, 0.05) is 12.1 Å². The van der Waals surface area contributed by atoms with Crippen molar-refractivity contribution in [3.63, 3.8) is 0 Å². The number of hydrogen-bond acceptors (Lipinski definition) is 2. The minimum Gasteiger partial charge on any atom is -0.507 e. The Bertz CT molecular complexity index is 584. The number of phenolic OH excluding ortho intramolecular Hbond substituents is 1. The average molecular weight is 342 g/mol. The molecule has 0 aromatic heterocycles. The van der Waals surface area contributed by atoms with Crippen LogP contribution in [0.25, 0.3) is 5.57 Å². The Labute approximate surface area is 153 Å². The predicted octanol–water partition coefficient (Wildman–Crippen LogP) is 5.87. The molecule has 0 spiro atoms. The molecular weight excluding hydrogens is 306 g/mol. The first-order valence-corrected chi connectivity index (χ1v) is 10.3. The van der Waals surface area contributed by atoms with Crippen molar-refractivity contribution >= 4 is 5.57 Å². The predicted molar refractivity (Wildman–Crippen MR) is 107 cm³/mol. The van der Waals surface area contributed by atoms with Crippen molar-refractivity contribution in [3.8, 4) is 5.75 Å². The molecule has 0 amide bonds. The zero-order valence-electron chi connectivity index (χ0n) is 16.1. The molecule has 2 nitrogen and oxygen atoms in total. The third-order valence-electron chi connectivity index (χ3n) is 6.14. The van der Waals surface area contributed by atoms with Crippen LogP contribution < -0.4 is 0 Å². The van der Waals surface area contributed by atoms with Gasteiger partial charge in [-0.3, -0.25) is 0 Å². The van der Waals surface area contributed by atoms with Gasteiger partial charge in [0.25, 0.3) is 0 Å². The van der Waals surface area contributed by atoms with Crippen molar-refractivity contribution < 1.29 is 5.11 Å². The summed E-state index contributed by atoms with van der Waals surface area (Å²) in [5, 5.41) is 10.5. The van der Waals surface area contributed by atoms with Crippen LogP contribution in [-0.2, 0) is 0 Å². The van der Waals surface area contributed by atoms with Crippen LogP contribution in [0.3, 0.4) is 0 Å². The van der Waals surface area contributed by atoms with Crippen molar-refractivity contribution in [1.82, 2.24) is 4.90 Å². The molecule has 0 aliphatic heterocycles. The molecule has 25 heavy (non-hydrogen) atoms. The number of benzene rings is 1. The quantitative estimate of drug-likeness (QED) is 0.724. The van der Waals surface area contributed by atoms with Crippen molar-refractivity contribution in [1.29, 1.82) is 0 Å². The van der Waals surface area contributed by atoms with Crippen LogP contribution >= 0.6 is 0 Å². The lowest BCUT2D eigenvalue weighted by Gasteiger charge is -2.27. The molecule has 0 saturated heterocycles. The van der Waals surface area contributed by atoms with Gasteiger partial charge in [-0.25, -0.2) is 0 Å². The van der Waals surface area contributed by atoms with Gasteiger partial charge in [-0.05, 0) is 69.7 Å². The van der Waals surface area contributed by atoms with Crippen LogP contribution in [0.5, 0.6) is 5.75 Å². The maximum absolute atomic E-state index is 10.5. The summed E-state index contributed by atoms with van der Waals surface area (Å²) < 4.78 is 0. The number of nitrogens with zero attached hydrogens (tertiary/aromatic N) is 1. The third-order valence-corrected chi connectivity index (χ3v) is 6.14. The second-order valence-corrected chi connectivity index (χ2v) is 8.54. The SMILES string of the molecule is CN(C)CC1=C(c2ccccc2O)CC(CC2CCCCC2)CCC1. The van der Waals surface area contributed by atoms with Crippen LogP contribution in [0, 0.1) is 11.8 Å². The highest BCUT2D eigenvalue weighted by Gasteiger charge is 2.25. The molecule has 1 unspecified atom stereocenters. The van der Waals surface area contributed by atoms with E-state index in [1.54, 1.807) is 0 Å². The largest absolute Gasteiger partial charge is 0.507 e. The number of para-hydroxylation sites is 1. The lowest BCUT2D eigenvalue weighted by molar-refractivity contribution is 0.280. The van der Waals surface area contributed by atoms with Crippen LogP contribution in [0.4, 0.5) is 0 Å². The fourth-order valence-electron chi connectivity index (χ4n) is 4.97. The Morgan fingerprint density at radius 2 is 1.68 bits per heavy atom. The Hall–Kier alpha value is -1.28. The number of phenols is 1. The second kappa shape index (κ2) is 8.89. The standard InChI is InChI=1S/C23H35NO/c1-24(2)17-20-12-8-11-19(15-18-9-4-3-5-10-18)16-22(20)21-13-6-7-14-23(21)25/h6-7,13-14,18-19,25H,3-5,8-12,15-17H2,1-2H3. The summed E-state index contributed by atoms with van der Waals surface area (Å²) >= 11 is 0. The highest BCUT2D eigenvalue weighted by Crippen LogP contribution is 2.41. The summed E-state index contributed by atoms with van der Waals surface area (Å²) in [6, 6.07) is 7.96. The van der Waals surface area contributed by atoms with Gasteiger partial charge in [0.1, 0.15) is 5.75 Å². The Balaban J connectivity index is 1.83. The smallest absolute Gasteiger partial charge is 0.123 e. The molecule has 1 fully saturated rings. The van der Waals surface area contributed by atoms with Gasteiger partial charge < -0.3 is 10.0 Å². The molecule has 0 bridgehead atoms. The van der Waals surface area contributed by atoms with E-state index in [4.69, 9.17) is 0 Å². The van der Waals surface area contributed by atoms with Crippen molar-refractivity contribution in [2.45, 2.75) is 64.2 Å². The molecule has 1 aromatic carbocycles. The fourth-order valence-corrected chi connectivity index (χ4v) is 4.97. The molecule has 2 aliphatic carbocycles. The van der Waals surface area contributed by atoms with Crippen LogP contribution in [0.1, 0.15) is 69.8 Å². The number of allylic oxidation sites excluding steroid dienone is 1. The van der Waals surface area contributed by atoms with E-state index in [1.807, 2.05) is 12.1 Å². The lowest BCUT2D eigenvalue weighted by Crippen LogP contribution is -2.16. The Morgan fingerprint density at radius 3 is 2.40 bits per heavy atom. The summed E-state index contributed by atoms with van der Waals surface area (Å²) in [6.07, 6.45) is 13.6. The van der Waals surface area contributed by atoms with E-state index in [9.17, 15) is 5.11 Å². The summed E-state index contributed by atoms with van der Waals surface area (Å²) in [7, 11) is 4.31. The van der Waals surface area contributed by atoms with Crippen LogP contribution in [0.2, 0.25) is 0 Å². The molecule has 0 heterocycles. The number of rotatable bonds is 5. The number of aromatic hydroxyl groups is 1. The van der Waals surface area contributed by atoms with E-state index >= 15 is 0 Å². The Morgan fingerprint density at radius 1 is 0.960 bits per heavy atom. The molecular formula is C23H35NO. The highest BCUT2D eigenvalue weighted by atomic mass is 16.3. The second-order valence-electron chi connectivity index (χ2n) is 8.54. The summed E-state index contributed by atoms with van der Waals surface area (Å²) in [5.74, 6) is 2.18. The first kappa shape index (κ1) is 18.5. The van der Waals surface area contributed by atoms with Gasteiger partial charge in [0.05, 0.1) is 0 Å². The summed E-state index contributed by atoms with van der Waals surface area (Å²) in [4.78, 5) is 2.27. The van der Waals surface area contributed by atoms with E-state index in [2.05, 4.69) is 31.1 Å². The fraction of sp³-hybridized carbons (Fsp3) is 0.652. The van der Waals surface area contributed by atoms with E-state index < -0.39 is 0 Å². The maximum Gasteiger partial charge on any atom is 0.123 e. The molecule has 2 aliphatic rings. The molecule has 0 radical (unpaired) electrons. The summed E-state index contributed by atoms with van der Waals surface area (Å²) in [6.45, 7) is 1.01. The average Bonchev–Trinajstić information content (AvgIpc) is 2.78. The minimum atomic E-state index is 0.451. The molecule has 138 valence electrons. The third kappa shape index (κ3) is 5.10. The number of likely N-dealkylation sites (N-methyl/N-ethyl adjacent to an activating group) is 1. The molecule has 2 heteroatoms. The van der Waals surface area contributed by atoms with Gasteiger partial charge in [0.2, 0.25) is 0 Å². The molecule has 3 rings (SSSR count). The molecule has 1 N–H and O–H groups in total. The van der Waals surface area contributed by atoms with Gasteiger partial charge >= 0.3 is 0 Å². The topological polar surface area (TPSA) is 23.5 Å². The van der Waals surface area contributed by atoms with E-state index in [-0.39, 0.29) is 0 Å². The van der Waals surface area contributed by atoms with Gasteiger partial charge in [0.15, 0.2) is 0 Å². The summed E-state index contributed by atoms with van der Waals surface area (Å²) in [5.41, 5.74) is 4.05. The minimum absolute atomic E-state index is 0.451. The molecule has 1 aromatic rings. The van der Waals surface area contributed by atoms with Crippen LogP contribution in [-0.4, -0.2) is 30.6 Å². The van der Waals surface area contributed by atoms with Crippen molar-refractivity contribution in [3.05, 3.63) is 35.4 Å². The monoisotopic (exact) mass is 341 g/mol. The normalized spacial score (nSPS) is 23.1. The number of hydrogen-bond donors (Lipinski definition) is 1. The zero-order valence-corrected chi connectivity index (χ0v) is 16.1. The molecule has 1 saturated carbocycles. The van der Waals surface area contributed by atoms with Crippen LogP contribution in [0.15, 0.2) is 29.8 Å². The van der Waals surface area contributed by atoms with Gasteiger partial charge in [-0.15, -0.1) is 0 Å². The van der Waals surface area contributed by atoms with E-state index in [1.165, 1.54) is 68.9 Å². The first-order valence-electron chi connectivity index (χ1n) is 10.3. The zero-order chi connectivity index (χ0) is 17.6.